The first-order valence-electron chi connectivity index (χ1n) is 7.75. The maximum atomic E-state index is 14.3. The molecule has 146 valence electrons. The fourth-order valence-electron chi connectivity index (χ4n) is 2.90. The molecule has 1 aromatic heterocycles. The summed E-state index contributed by atoms with van der Waals surface area (Å²) in [5, 5.41) is 18.3. The van der Waals surface area contributed by atoms with Gasteiger partial charge in [0.1, 0.15) is 16.4 Å². The minimum absolute atomic E-state index is 0.0346. The first kappa shape index (κ1) is 19.6. The van der Waals surface area contributed by atoms with Gasteiger partial charge in [-0.25, -0.2) is 13.6 Å². The lowest BCUT2D eigenvalue weighted by molar-refractivity contribution is 0.0695. The molecule has 4 N–H and O–H groups in total. The number of carbonyl (C=O) groups is 1. The molecule has 28 heavy (non-hydrogen) atoms. The largest absolute Gasteiger partial charge is 0.492 e. The summed E-state index contributed by atoms with van der Waals surface area (Å²) in [5.74, 6) is -3.70. The van der Waals surface area contributed by atoms with Crippen LogP contribution in [0.25, 0.3) is 16.6 Å². The highest BCUT2D eigenvalue weighted by Crippen LogP contribution is 2.36. The molecule has 1 heterocycles. The molecular formula is C18H13ClF2N2O5. The number of ether oxygens (including phenoxy) is 1. The molecule has 0 saturated carbocycles. The Hall–Kier alpha value is -3.17. The molecular weight excluding hydrogens is 398 g/mol. The van der Waals surface area contributed by atoms with Crippen molar-refractivity contribution in [2.75, 3.05) is 12.8 Å². The summed E-state index contributed by atoms with van der Waals surface area (Å²) in [6.45, 7) is -0.626. The van der Waals surface area contributed by atoms with Crippen LogP contribution in [-0.4, -0.2) is 27.9 Å². The number of benzene rings is 2. The van der Waals surface area contributed by atoms with E-state index in [0.717, 1.165) is 29.0 Å². The minimum Gasteiger partial charge on any atom is -0.492 e. The number of methoxy groups -OCH3 is 1. The van der Waals surface area contributed by atoms with E-state index in [9.17, 15) is 28.6 Å². The average Bonchev–Trinajstić information content (AvgIpc) is 2.64. The number of hydrogen-bond donors (Lipinski definition) is 3. The molecule has 0 fully saturated rings. The molecule has 0 amide bonds. The van der Waals surface area contributed by atoms with Gasteiger partial charge in [0.15, 0.2) is 11.6 Å². The number of rotatable bonds is 4. The second-order valence-electron chi connectivity index (χ2n) is 5.81. The number of carboxylic acids is 1. The summed E-state index contributed by atoms with van der Waals surface area (Å²) in [5.41, 5.74) is 3.67. The zero-order chi connectivity index (χ0) is 20.7. The normalized spacial score (nSPS) is 11.0. The Labute approximate surface area is 161 Å². The van der Waals surface area contributed by atoms with Crippen molar-refractivity contribution in [1.29, 1.82) is 0 Å². The average molecular weight is 411 g/mol. The van der Waals surface area contributed by atoms with Crippen LogP contribution in [0.4, 0.5) is 14.5 Å². The number of anilines is 1. The van der Waals surface area contributed by atoms with Crippen LogP contribution in [0.5, 0.6) is 5.75 Å². The van der Waals surface area contributed by atoms with Crippen LogP contribution in [0.3, 0.4) is 0 Å². The highest BCUT2D eigenvalue weighted by Gasteiger charge is 2.23. The van der Waals surface area contributed by atoms with Crippen LogP contribution in [-0.2, 0) is 6.61 Å². The molecule has 3 aromatic rings. The molecule has 0 aliphatic carbocycles. The number of aromatic carboxylic acids is 1. The minimum atomic E-state index is -1.56. The number of aromatic nitrogens is 1. The first-order chi connectivity index (χ1) is 13.2. The quantitative estimate of drug-likeness (QED) is 0.570. The van der Waals surface area contributed by atoms with Gasteiger partial charge >= 0.3 is 5.97 Å². The highest BCUT2D eigenvalue weighted by molar-refractivity contribution is 6.36. The monoisotopic (exact) mass is 410 g/mol. The van der Waals surface area contributed by atoms with E-state index in [0.29, 0.717) is 0 Å². The van der Waals surface area contributed by atoms with Gasteiger partial charge in [-0.15, -0.1) is 0 Å². The van der Waals surface area contributed by atoms with E-state index in [1.807, 2.05) is 0 Å². The van der Waals surface area contributed by atoms with Crippen molar-refractivity contribution in [3.63, 3.8) is 0 Å². The van der Waals surface area contributed by atoms with Crippen molar-refractivity contribution in [2.45, 2.75) is 6.61 Å². The fourth-order valence-corrected chi connectivity index (χ4v) is 3.26. The van der Waals surface area contributed by atoms with E-state index in [4.69, 9.17) is 22.1 Å². The molecule has 10 heteroatoms. The second kappa shape index (κ2) is 7.10. The van der Waals surface area contributed by atoms with E-state index >= 15 is 0 Å². The number of aliphatic hydroxyl groups excluding tert-OH is 1. The van der Waals surface area contributed by atoms with E-state index in [-0.39, 0.29) is 38.6 Å². The topological polar surface area (TPSA) is 115 Å². The number of pyridine rings is 1. The van der Waals surface area contributed by atoms with Crippen molar-refractivity contribution in [3.8, 4) is 11.4 Å². The van der Waals surface area contributed by atoms with Gasteiger partial charge in [0.05, 0.1) is 36.0 Å². The third kappa shape index (κ3) is 2.94. The Balaban J connectivity index is 2.60. The molecule has 2 aromatic carbocycles. The van der Waals surface area contributed by atoms with E-state index in [1.165, 1.54) is 7.11 Å². The summed E-state index contributed by atoms with van der Waals surface area (Å²) in [7, 11) is 1.17. The standard InChI is InChI=1S/C18H13ClF2N2O5/c1-28-17-11(21)3-8-15(14(17)19)23(5-9(16(8)25)18(26)27)13-4-12(22)10(20)2-7(13)6-24/h2-5,24H,6,22H2,1H3,(H,26,27). The van der Waals surface area contributed by atoms with Crippen molar-refractivity contribution in [2.24, 2.45) is 0 Å². The van der Waals surface area contributed by atoms with E-state index < -0.39 is 35.2 Å². The zero-order valence-electron chi connectivity index (χ0n) is 14.3. The zero-order valence-corrected chi connectivity index (χ0v) is 15.1. The number of nitrogens with zero attached hydrogens (tertiary/aromatic N) is 1. The van der Waals surface area contributed by atoms with Crippen molar-refractivity contribution >= 4 is 34.2 Å². The van der Waals surface area contributed by atoms with Gasteiger partial charge in [0.25, 0.3) is 0 Å². The number of hydrogen-bond acceptors (Lipinski definition) is 5. The number of nitrogen functional groups attached to an aromatic ring is 1. The van der Waals surface area contributed by atoms with Gasteiger partial charge in [-0.3, -0.25) is 4.79 Å². The lowest BCUT2D eigenvalue weighted by Crippen LogP contribution is -2.19. The molecule has 0 radical (unpaired) electrons. The SMILES string of the molecule is COc1c(F)cc2c(=O)c(C(=O)O)cn(-c3cc(N)c(F)cc3CO)c2c1Cl. The van der Waals surface area contributed by atoms with Crippen LogP contribution in [0, 0.1) is 11.6 Å². The number of nitrogens with two attached hydrogens (primary N) is 1. The third-order valence-corrected chi connectivity index (χ3v) is 4.55. The summed E-state index contributed by atoms with van der Waals surface area (Å²) in [6.07, 6.45) is 0.946. The van der Waals surface area contributed by atoms with Gasteiger partial charge < -0.3 is 25.3 Å². The van der Waals surface area contributed by atoms with Gasteiger partial charge in [-0.05, 0) is 18.2 Å². The Kier molecular flexibility index (Phi) is 4.97. The van der Waals surface area contributed by atoms with E-state index in [1.54, 1.807) is 0 Å². The number of halogens is 3. The van der Waals surface area contributed by atoms with Crippen LogP contribution in [0.1, 0.15) is 15.9 Å². The Morgan fingerprint density at radius 2 is 1.96 bits per heavy atom. The summed E-state index contributed by atoms with van der Waals surface area (Å²) in [4.78, 5) is 24.1. The van der Waals surface area contributed by atoms with Gasteiger partial charge in [-0.1, -0.05) is 11.6 Å². The molecule has 0 bridgehead atoms. The molecule has 0 unspecified atom stereocenters. The highest BCUT2D eigenvalue weighted by atomic mass is 35.5. The Morgan fingerprint density at radius 3 is 2.54 bits per heavy atom. The molecule has 0 atom stereocenters. The van der Waals surface area contributed by atoms with Crippen molar-refractivity contribution < 1.29 is 28.5 Å². The van der Waals surface area contributed by atoms with Crippen LogP contribution in [0.15, 0.2) is 29.2 Å². The predicted molar refractivity (Wildman–Crippen MR) is 98.3 cm³/mol. The summed E-state index contributed by atoms with van der Waals surface area (Å²) >= 11 is 6.23. The smallest absolute Gasteiger partial charge is 0.341 e. The van der Waals surface area contributed by atoms with Crippen molar-refractivity contribution in [1.82, 2.24) is 4.57 Å². The molecule has 0 aliphatic heterocycles. The lowest BCUT2D eigenvalue weighted by atomic mass is 10.1. The maximum absolute atomic E-state index is 14.3. The van der Waals surface area contributed by atoms with E-state index in [2.05, 4.69) is 0 Å². The van der Waals surface area contributed by atoms with Gasteiger partial charge in [0, 0.05) is 11.8 Å². The maximum Gasteiger partial charge on any atom is 0.341 e. The lowest BCUT2D eigenvalue weighted by Gasteiger charge is -2.18. The number of carboxylic acid groups (broad SMARTS) is 1. The first-order valence-corrected chi connectivity index (χ1v) is 8.12. The van der Waals surface area contributed by atoms with Gasteiger partial charge in [-0.2, -0.15) is 0 Å². The van der Waals surface area contributed by atoms with Crippen molar-refractivity contribution in [3.05, 3.63) is 62.4 Å². The molecule has 0 saturated heterocycles. The molecule has 0 spiro atoms. The summed E-state index contributed by atoms with van der Waals surface area (Å²) in [6, 6.07) is 2.91. The fraction of sp³-hybridized carbons (Fsp3) is 0.111. The summed E-state index contributed by atoms with van der Waals surface area (Å²) < 4.78 is 34.1. The Morgan fingerprint density at radius 1 is 1.29 bits per heavy atom. The third-order valence-electron chi connectivity index (χ3n) is 4.20. The molecule has 7 nitrogen and oxygen atoms in total. The van der Waals surface area contributed by atoms with Crippen LogP contribution >= 0.6 is 11.6 Å². The Bertz CT molecular complexity index is 1190. The van der Waals surface area contributed by atoms with Crippen LogP contribution < -0.4 is 15.9 Å². The molecule has 0 aliphatic rings. The number of aliphatic hydroxyl groups is 1. The second-order valence-corrected chi connectivity index (χ2v) is 6.19. The predicted octanol–water partition coefficient (Wildman–Crippen LogP) is 2.70. The molecule has 3 rings (SSSR count). The number of fused-ring (bicyclic) bond motifs is 1. The van der Waals surface area contributed by atoms with Crippen LogP contribution in [0.2, 0.25) is 5.02 Å². The van der Waals surface area contributed by atoms with Gasteiger partial charge in [0.2, 0.25) is 5.43 Å².